The number of methoxy groups -OCH3 is 1. The molecule has 2 aromatic rings. The highest BCUT2D eigenvalue weighted by Crippen LogP contribution is 2.49. The molecule has 1 spiro atoms. The summed E-state index contributed by atoms with van der Waals surface area (Å²) < 4.78 is 11.2. The van der Waals surface area contributed by atoms with Crippen LogP contribution in [0.15, 0.2) is 42.5 Å². The average Bonchev–Trinajstić information content (AvgIpc) is 3.03. The van der Waals surface area contributed by atoms with Crippen LogP contribution in [0.2, 0.25) is 0 Å². The van der Waals surface area contributed by atoms with Gasteiger partial charge in [-0.05, 0) is 17.7 Å². The first kappa shape index (κ1) is 10.7. The number of hydrogen-bond donors (Lipinski definition) is 1. The van der Waals surface area contributed by atoms with Gasteiger partial charge in [0.15, 0.2) is 0 Å². The lowest BCUT2D eigenvalue weighted by Crippen LogP contribution is -2.31. The van der Waals surface area contributed by atoms with Gasteiger partial charge < -0.3 is 14.8 Å². The van der Waals surface area contributed by atoms with Gasteiger partial charge in [-0.2, -0.15) is 0 Å². The summed E-state index contributed by atoms with van der Waals surface area (Å²) in [6.45, 7) is 1.59. The van der Waals surface area contributed by atoms with Crippen LogP contribution in [0.5, 0.6) is 11.5 Å². The van der Waals surface area contributed by atoms with Gasteiger partial charge in [0.1, 0.15) is 18.1 Å². The Hall–Kier alpha value is -2.16. The second-order valence-corrected chi connectivity index (χ2v) is 5.13. The minimum absolute atomic E-state index is 0.0435. The van der Waals surface area contributed by atoms with E-state index >= 15 is 0 Å². The molecule has 0 fully saturated rings. The first-order valence-corrected chi connectivity index (χ1v) is 6.48. The summed E-state index contributed by atoms with van der Waals surface area (Å²) in [6.07, 6.45) is 0. The number of benzene rings is 2. The zero-order chi connectivity index (χ0) is 12.9. The molecule has 4 rings (SSSR count). The molecule has 0 aliphatic carbocycles. The van der Waals surface area contributed by atoms with E-state index in [9.17, 15) is 0 Å². The zero-order valence-corrected chi connectivity index (χ0v) is 10.8. The minimum Gasteiger partial charge on any atom is -0.497 e. The molecule has 2 aliphatic rings. The number of ether oxygens (including phenoxy) is 2. The second-order valence-electron chi connectivity index (χ2n) is 5.13. The van der Waals surface area contributed by atoms with Crippen molar-refractivity contribution in [3.05, 3.63) is 53.6 Å². The largest absolute Gasteiger partial charge is 0.497 e. The standard InChI is InChI=1S/C16H15NO2/c1-18-11-6-7-13-15(8-11)19-10-16(13)9-17-14-5-3-2-4-12(14)16/h2-8,17H,9-10H2,1H3. The van der Waals surface area contributed by atoms with Crippen molar-refractivity contribution in [2.24, 2.45) is 0 Å². The predicted octanol–water partition coefficient (Wildman–Crippen LogP) is 2.80. The maximum absolute atomic E-state index is 5.92. The van der Waals surface area contributed by atoms with Gasteiger partial charge in [-0.3, -0.25) is 0 Å². The number of rotatable bonds is 1. The van der Waals surface area contributed by atoms with Crippen LogP contribution in [0, 0.1) is 0 Å². The Labute approximate surface area is 112 Å². The lowest BCUT2D eigenvalue weighted by molar-refractivity contribution is 0.301. The zero-order valence-electron chi connectivity index (χ0n) is 10.8. The van der Waals surface area contributed by atoms with Crippen LogP contribution in [0.3, 0.4) is 0 Å². The first-order chi connectivity index (χ1) is 9.33. The van der Waals surface area contributed by atoms with E-state index in [-0.39, 0.29) is 5.41 Å². The van der Waals surface area contributed by atoms with Gasteiger partial charge in [0, 0.05) is 23.9 Å². The molecule has 0 aromatic heterocycles. The Kier molecular flexibility index (Phi) is 2.07. The molecule has 1 unspecified atom stereocenters. The van der Waals surface area contributed by atoms with E-state index in [1.807, 2.05) is 12.1 Å². The molecule has 3 heteroatoms. The van der Waals surface area contributed by atoms with Crippen molar-refractivity contribution < 1.29 is 9.47 Å². The molecular formula is C16H15NO2. The summed E-state index contributed by atoms with van der Waals surface area (Å²) in [4.78, 5) is 0. The topological polar surface area (TPSA) is 30.5 Å². The van der Waals surface area contributed by atoms with Crippen LogP contribution in [-0.4, -0.2) is 20.3 Å². The van der Waals surface area contributed by atoms with E-state index in [1.165, 1.54) is 16.8 Å². The van der Waals surface area contributed by atoms with Gasteiger partial charge >= 0.3 is 0 Å². The van der Waals surface area contributed by atoms with Gasteiger partial charge in [-0.25, -0.2) is 0 Å². The first-order valence-electron chi connectivity index (χ1n) is 6.48. The Morgan fingerprint density at radius 3 is 2.95 bits per heavy atom. The van der Waals surface area contributed by atoms with Crippen LogP contribution < -0.4 is 14.8 Å². The van der Waals surface area contributed by atoms with Crippen molar-refractivity contribution in [2.75, 3.05) is 25.6 Å². The summed E-state index contributed by atoms with van der Waals surface area (Å²) >= 11 is 0. The van der Waals surface area contributed by atoms with E-state index in [2.05, 4.69) is 35.6 Å². The third kappa shape index (κ3) is 1.33. The monoisotopic (exact) mass is 253 g/mol. The molecule has 0 radical (unpaired) electrons. The van der Waals surface area contributed by atoms with Crippen LogP contribution in [0.25, 0.3) is 0 Å². The van der Waals surface area contributed by atoms with Crippen molar-refractivity contribution in [2.45, 2.75) is 5.41 Å². The molecule has 3 nitrogen and oxygen atoms in total. The molecule has 2 aromatic carbocycles. The summed E-state index contributed by atoms with van der Waals surface area (Å²) in [5.74, 6) is 1.79. The van der Waals surface area contributed by atoms with Crippen molar-refractivity contribution in [1.82, 2.24) is 0 Å². The van der Waals surface area contributed by atoms with Crippen molar-refractivity contribution in [3.8, 4) is 11.5 Å². The average molecular weight is 253 g/mol. The number of para-hydroxylation sites is 1. The van der Waals surface area contributed by atoms with E-state index in [0.717, 1.165) is 18.0 Å². The number of nitrogens with one attached hydrogen (secondary N) is 1. The molecule has 1 N–H and O–H groups in total. The second kappa shape index (κ2) is 3.67. The Morgan fingerprint density at radius 1 is 1.16 bits per heavy atom. The number of anilines is 1. The van der Waals surface area contributed by atoms with Gasteiger partial charge in [0.25, 0.3) is 0 Å². The Balaban J connectivity index is 1.89. The molecule has 0 saturated carbocycles. The lowest BCUT2D eigenvalue weighted by atomic mass is 9.78. The van der Waals surface area contributed by atoms with Crippen molar-refractivity contribution in [1.29, 1.82) is 0 Å². The minimum atomic E-state index is -0.0435. The SMILES string of the molecule is COc1ccc2c(c1)OCC21CNc2ccccc21. The molecule has 2 aliphatic heterocycles. The van der Waals surface area contributed by atoms with Crippen LogP contribution in [0.4, 0.5) is 5.69 Å². The smallest absolute Gasteiger partial charge is 0.127 e. The van der Waals surface area contributed by atoms with E-state index in [4.69, 9.17) is 9.47 Å². The van der Waals surface area contributed by atoms with Crippen molar-refractivity contribution >= 4 is 5.69 Å². The molecule has 19 heavy (non-hydrogen) atoms. The highest BCUT2D eigenvalue weighted by Gasteiger charge is 2.46. The normalized spacial score (nSPS) is 22.6. The number of fused-ring (bicyclic) bond motifs is 4. The fourth-order valence-corrected chi connectivity index (χ4v) is 3.19. The fraction of sp³-hybridized carbons (Fsp3) is 0.250. The summed E-state index contributed by atoms with van der Waals surface area (Å²) in [7, 11) is 1.68. The molecule has 0 bridgehead atoms. The maximum atomic E-state index is 5.92. The Bertz CT molecular complexity index is 653. The molecule has 0 amide bonds. The molecule has 0 saturated heterocycles. The van der Waals surface area contributed by atoms with Gasteiger partial charge in [-0.1, -0.05) is 24.3 Å². The summed E-state index contributed by atoms with van der Waals surface area (Å²) in [5, 5.41) is 3.49. The fourth-order valence-electron chi connectivity index (χ4n) is 3.19. The lowest BCUT2D eigenvalue weighted by Gasteiger charge is -2.22. The van der Waals surface area contributed by atoms with Crippen LogP contribution in [-0.2, 0) is 5.41 Å². The molecule has 2 heterocycles. The summed E-state index contributed by atoms with van der Waals surface area (Å²) in [5.41, 5.74) is 3.76. The highest BCUT2D eigenvalue weighted by molar-refractivity contribution is 5.67. The summed E-state index contributed by atoms with van der Waals surface area (Å²) in [6, 6.07) is 14.6. The van der Waals surface area contributed by atoms with Crippen LogP contribution >= 0.6 is 0 Å². The van der Waals surface area contributed by atoms with Gasteiger partial charge in [0.2, 0.25) is 0 Å². The molecular weight excluding hydrogens is 238 g/mol. The number of hydrogen-bond acceptors (Lipinski definition) is 3. The molecule has 1 atom stereocenters. The third-order valence-corrected chi connectivity index (χ3v) is 4.20. The van der Waals surface area contributed by atoms with Crippen molar-refractivity contribution in [3.63, 3.8) is 0 Å². The van der Waals surface area contributed by atoms with E-state index in [0.29, 0.717) is 6.61 Å². The Morgan fingerprint density at radius 2 is 2.05 bits per heavy atom. The van der Waals surface area contributed by atoms with E-state index in [1.54, 1.807) is 7.11 Å². The van der Waals surface area contributed by atoms with E-state index < -0.39 is 0 Å². The van der Waals surface area contributed by atoms with Crippen LogP contribution in [0.1, 0.15) is 11.1 Å². The quantitative estimate of drug-likeness (QED) is 0.847. The molecule has 96 valence electrons. The van der Waals surface area contributed by atoms with Gasteiger partial charge in [-0.15, -0.1) is 0 Å². The predicted molar refractivity (Wildman–Crippen MR) is 74.2 cm³/mol. The van der Waals surface area contributed by atoms with Gasteiger partial charge in [0.05, 0.1) is 12.5 Å². The highest BCUT2D eigenvalue weighted by atomic mass is 16.5. The third-order valence-electron chi connectivity index (χ3n) is 4.20. The maximum Gasteiger partial charge on any atom is 0.127 e.